The molecule has 59 valence electrons. The van der Waals surface area contributed by atoms with Gasteiger partial charge in [-0.1, -0.05) is 19.1 Å². The van der Waals surface area contributed by atoms with Crippen molar-refractivity contribution in [1.29, 1.82) is 0 Å². The van der Waals surface area contributed by atoms with Gasteiger partial charge in [0.15, 0.2) is 0 Å². The van der Waals surface area contributed by atoms with Crippen LogP contribution in [-0.2, 0) is 0 Å². The zero-order valence-electron chi connectivity index (χ0n) is 7.00. The molecule has 0 saturated carbocycles. The first-order chi connectivity index (χ1) is 5.36. The minimum Gasteiger partial charge on any atom is -0.494 e. The fourth-order valence-corrected chi connectivity index (χ4v) is 0.951. The molecule has 0 aliphatic carbocycles. The first kappa shape index (κ1) is 8.12. The van der Waals surface area contributed by atoms with Crippen molar-refractivity contribution >= 4 is 0 Å². The summed E-state index contributed by atoms with van der Waals surface area (Å²) < 4.78 is 5.33. The maximum Gasteiger partial charge on any atom is 0.119 e. The number of rotatable bonds is 3. The van der Waals surface area contributed by atoms with E-state index in [1.54, 1.807) is 0 Å². The Morgan fingerprint density at radius 3 is 2.91 bits per heavy atom. The van der Waals surface area contributed by atoms with Gasteiger partial charge in [0.1, 0.15) is 5.75 Å². The number of ether oxygens (including phenoxy) is 1. The van der Waals surface area contributed by atoms with Gasteiger partial charge in [0.25, 0.3) is 0 Å². The zero-order chi connectivity index (χ0) is 8.10. The van der Waals surface area contributed by atoms with Crippen molar-refractivity contribution in [3.8, 4) is 5.75 Å². The maximum absolute atomic E-state index is 5.33. The molecule has 1 aromatic rings. The van der Waals surface area contributed by atoms with Crippen LogP contribution in [0.5, 0.6) is 5.75 Å². The van der Waals surface area contributed by atoms with E-state index in [1.165, 1.54) is 5.56 Å². The first-order valence-electron chi connectivity index (χ1n) is 3.89. The fourth-order valence-electron chi connectivity index (χ4n) is 0.951. The van der Waals surface area contributed by atoms with E-state index in [2.05, 4.69) is 12.5 Å². The minimum atomic E-state index is 0.729. The number of hydrogen-bond donors (Lipinski definition) is 0. The van der Waals surface area contributed by atoms with Crippen LogP contribution in [0.25, 0.3) is 0 Å². The molecular formula is C10H13O. The molecular weight excluding hydrogens is 136 g/mol. The van der Waals surface area contributed by atoms with E-state index in [0.717, 1.165) is 12.4 Å². The van der Waals surface area contributed by atoms with Crippen LogP contribution < -0.4 is 4.74 Å². The lowest BCUT2D eigenvalue weighted by Crippen LogP contribution is -1.91. The molecule has 11 heavy (non-hydrogen) atoms. The maximum atomic E-state index is 5.33. The van der Waals surface area contributed by atoms with Crippen molar-refractivity contribution in [2.45, 2.75) is 13.8 Å². The lowest BCUT2D eigenvalue weighted by molar-refractivity contribution is 0.340. The third-order valence-electron chi connectivity index (χ3n) is 1.50. The molecule has 0 unspecified atom stereocenters. The third kappa shape index (κ3) is 2.26. The van der Waals surface area contributed by atoms with Gasteiger partial charge in [-0.05, 0) is 31.0 Å². The van der Waals surface area contributed by atoms with E-state index >= 15 is 0 Å². The highest BCUT2D eigenvalue weighted by Gasteiger charge is 1.92. The van der Waals surface area contributed by atoms with Crippen LogP contribution in [0.3, 0.4) is 0 Å². The van der Waals surface area contributed by atoms with Crippen LogP contribution in [0.1, 0.15) is 19.4 Å². The summed E-state index contributed by atoms with van der Waals surface area (Å²) in [7, 11) is 0. The van der Waals surface area contributed by atoms with Crippen LogP contribution >= 0.6 is 0 Å². The predicted molar refractivity (Wildman–Crippen MR) is 46.7 cm³/mol. The summed E-state index contributed by atoms with van der Waals surface area (Å²) in [6.07, 6.45) is 2.06. The highest BCUT2D eigenvalue weighted by Crippen LogP contribution is 2.13. The van der Waals surface area contributed by atoms with E-state index in [-0.39, 0.29) is 0 Å². The lowest BCUT2D eigenvalue weighted by atomic mass is 10.2. The SMILES string of the molecule is C[CH]c1cccc(OCC)c1. The molecule has 0 N–H and O–H groups in total. The van der Waals surface area contributed by atoms with E-state index in [4.69, 9.17) is 4.74 Å². The topological polar surface area (TPSA) is 9.23 Å². The van der Waals surface area contributed by atoms with Crippen LogP contribution in [-0.4, -0.2) is 6.61 Å². The summed E-state index contributed by atoms with van der Waals surface area (Å²) in [5.74, 6) is 0.947. The molecule has 1 nitrogen and oxygen atoms in total. The van der Waals surface area contributed by atoms with E-state index < -0.39 is 0 Å². The Kier molecular flexibility index (Phi) is 2.96. The van der Waals surface area contributed by atoms with Crippen LogP contribution in [0.2, 0.25) is 0 Å². The summed E-state index contributed by atoms with van der Waals surface area (Å²) in [4.78, 5) is 0. The van der Waals surface area contributed by atoms with E-state index in [1.807, 2.05) is 32.0 Å². The van der Waals surface area contributed by atoms with Crippen molar-refractivity contribution in [3.05, 3.63) is 36.2 Å². The molecule has 0 bridgehead atoms. The fraction of sp³-hybridized carbons (Fsp3) is 0.300. The van der Waals surface area contributed by atoms with Gasteiger partial charge in [0, 0.05) is 0 Å². The molecule has 0 atom stereocenters. The molecule has 0 saturated heterocycles. The Labute approximate surface area is 68.0 Å². The van der Waals surface area contributed by atoms with Gasteiger partial charge in [0.2, 0.25) is 0 Å². The van der Waals surface area contributed by atoms with Gasteiger partial charge in [-0.3, -0.25) is 0 Å². The Morgan fingerprint density at radius 2 is 2.27 bits per heavy atom. The van der Waals surface area contributed by atoms with Gasteiger partial charge in [-0.2, -0.15) is 0 Å². The lowest BCUT2D eigenvalue weighted by Gasteiger charge is -2.03. The van der Waals surface area contributed by atoms with Gasteiger partial charge >= 0.3 is 0 Å². The second-order valence-electron chi connectivity index (χ2n) is 2.29. The largest absolute Gasteiger partial charge is 0.494 e. The standard InChI is InChI=1S/C10H13O/c1-3-9-6-5-7-10(8-9)11-4-2/h3,5-8H,4H2,1-2H3. The molecule has 1 heteroatoms. The second kappa shape index (κ2) is 4.02. The average Bonchev–Trinajstić information content (AvgIpc) is 2.06. The van der Waals surface area contributed by atoms with Gasteiger partial charge in [-0.25, -0.2) is 0 Å². The van der Waals surface area contributed by atoms with Crippen molar-refractivity contribution < 1.29 is 4.74 Å². The molecule has 1 rings (SSSR count). The van der Waals surface area contributed by atoms with E-state index in [0.29, 0.717) is 0 Å². The molecule has 0 spiro atoms. The Balaban J connectivity index is 2.74. The van der Waals surface area contributed by atoms with Crippen molar-refractivity contribution in [2.24, 2.45) is 0 Å². The van der Waals surface area contributed by atoms with Crippen LogP contribution in [0, 0.1) is 6.42 Å². The summed E-state index contributed by atoms with van der Waals surface area (Å²) in [5.41, 5.74) is 1.20. The average molecular weight is 149 g/mol. The summed E-state index contributed by atoms with van der Waals surface area (Å²) in [6, 6.07) is 8.06. The smallest absolute Gasteiger partial charge is 0.119 e. The predicted octanol–water partition coefficient (Wildman–Crippen LogP) is 2.66. The van der Waals surface area contributed by atoms with Gasteiger partial charge < -0.3 is 4.74 Å². The van der Waals surface area contributed by atoms with Gasteiger partial charge in [0.05, 0.1) is 6.61 Å². The first-order valence-corrected chi connectivity index (χ1v) is 3.89. The monoisotopic (exact) mass is 149 g/mol. The van der Waals surface area contributed by atoms with Crippen LogP contribution in [0.4, 0.5) is 0 Å². The van der Waals surface area contributed by atoms with Crippen molar-refractivity contribution in [1.82, 2.24) is 0 Å². The van der Waals surface area contributed by atoms with E-state index in [9.17, 15) is 0 Å². The zero-order valence-corrected chi connectivity index (χ0v) is 7.00. The molecule has 0 aromatic heterocycles. The molecule has 0 aliphatic heterocycles. The summed E-state index contributed by atoms with van der Waals surface area (Å²) in [5, 5.41) is 0. The minimum absolute atomic E-state index is 0.729. The Morgan fingerprint density at radius 1 is 1.45 bits per heavy atom. The highest BCUT2D eigenvalue weighted by molar-refractivity contribution is 5.32. The molecule has 0 fully saturated rings. The van der Waals surface area contributed by atoms with Crippen molar-refractivity contribution in [2.75, 3.05) is 6.61 Å². The van der Waals surface area contributed by atoms with Crippen LogP contribution in [0.15, 0.2) is 24.3 Å². The molecule has 0 aliphatic rings. The van der Waals surface area contributed by atoms with Crippen molar-refractivity contribution in [3.63, 3.8) is 0 Å². The third-order valence-corrected chi connectivity index (χ3v) is 1.50. The second-order valence-corrected chi connectivity index (χ2v) is 2.29. The Hall–Kier alpha value is -0.980. The molecule has 1 aromatic carbocycles. The quantitative estimate of drug-likeness (QED) is 0.642. The van der Waals surface area contributed by atoms with Gasteiger partial charge in [-0.15, -0.1) is 0 Å². The number of benzene rings is 1. The summed E-state index contributed by atoms with van der Waals surface area (Å²) in [6.45, 7) is 4.74. The Bertz CT molecular complexity index is 218. The molecule has 0 heterocycles. The molecule has 1 radical (unpaired) electrons. The normalized spacial score (nSPS) is 9.64. The number of hydrogen-bond acceptors (Lipinski definition) is 1. The molecule has 0 amide bonds. The highest BCUT2D eigenvalue weighted by atomic mass is 16.5. The summed E-state index contributed by atoms with van der Waals surface area (Å²) >= 11 is 0.